The number of quaternary nitrogens is 1. The number of carbonyl (C=O) groups excluding carboxylic acids is 1. The molecule has 0 unspecified atom stereocenters. The maximum Gasteiger partial charge on any atom is 0.161 e. The molecule has 1 fully saturated rings. The van der Waals surface area contributed by atoms with Crippen LogP contribution in [-0.4, -0.2) is 51.3 Å². The Morgan fingerprint density at radius 2 is 1.96 bits per heavy atom. The van der Waals surface area contributed by atoms with Crippen LogP contribution in [-0.2, 0) is 4.74 Å². The molecule has 0 saturated carbocycles. The van der Waals surface area contributed by atoms with Gasteiger partial charge in [-0.2, -0.15) is 0 Å². The van der Waals surface area contributed by atoms with Gasteiger partial charge in [0.15, 0.2) is 17.3 Å². The van der Waals surface area contributed by atoms with E-state index in [1.807, 2.05) is 0 Å². The summed E-state index contributed by atoms with van der Waals surface area (Å²) in [5, 5.41) is 0. The number of rotatable bonds is 7. The van der Waals surface area contributed by atoms with Crippen LogP contribution >= 0.6 is 0 Å². The number of nitrogens with one attached hydrogen (secondary N) is 1. The highest BCUT2D eigenvalue weighted by Crippen LogP contribution is 2.28. The van der Waals surface area contributed by atoms with Crippen LogP contribution < -0.4 is 14.4 Å². The molecule has 1 N–H and O–H groups in total. The monoisotopic (exact) mass is 322 g/mol. The van der Waals surface area contributed by atoms with E-state index in [2.05, 4.69) is 13.8 Å². The van der Waals surface area contributed by atoms with E-state index in [4.69, 9.17) is 14.2 Å². The van der Waals surface area contributed by atoms with Crippen LogP contribution in [0.1, 0.15) is 37.6 Å². The van der Waals surface area contributed by atoms with Gasteiger partial charge in [-0.1, -0.05) is 0 Å². The van der Waals surface area contributed by atoms with Crippen LogP contribution in [0.4, 0.5) is 0 Å². The van der Waals surface area contributed by atoms with E-state index in [9.17, 15) is 4.79 Å². The summed E-state index contributed by atoms with van der Waals surface area (Å²) < 4.78 is 16.9. The van der Waals surface area contributed by atoms with Gasteiger partial charge in [-0.05, 0) is 39.0 Å². The SMILES string of the molecule is COc1cc(C(C)=O)ccc1OCCC[NH+]1C[C@@H](C)O[C@H](C)C1. The Labute approximate surface area is 138 Å². The molecule has 0 spiro atoms. The van der Waals surface area contributed by atoms with Gasteiger partial charge in [0.25, 0.3) is 0 Å². The van der Waals surface area contributed by atoms with Crippen LogP contribution in [0.5, 0.6) is 11.5 Å². The fourth-order valence-corrected chi connectivity index (χ4v) is 3.10. The standard InChI is InChI=1S/C18H27NO4/c1-13-11-19(12-14(2)23-13)8-5-9-22-17-7-6-16(15(3)20)10-18(17)21-4/h6-7,10,13-14H,5,8-9,11-12H2,1-4H3/p+1/t13-,14-/m1/s1. The Hall–Kier alpha value is -1.59. The first kappa shape index (κ1) is 17.8. The first-order chi connectivity index (χ1) is 11.0. The molecule has 0 aromatic heterocycles. The maximum absolute atomic E-state index is 11.4. The molecule has 1 aliphatic heterocycles. The minimum absolute atomic E-state index is 0.0222. The molecule has 23 heavy (non-hydrogen) atoms. The van der Waals surface area contributed by atoms with Crippen molar-refractivity contribution in [2.24, 2.45) is 0 Å². The Kier molecular flexibility index (Phi) is 6.42. The van der Waals surface area contributed by atoms with Gasteiger partial charge in [-0.3, -0.25) is 4.79 Å². The smallest absolute Gasteiger partial charge is 0.161 e. The average molecular weight is 322 g/mol. The highest BCUT2D eigenvalue weighted by Gasteiger charge is 2.24. The first-order valence-electron chi connectivity index (χ1n) is 8.30. The van der Waals surface area contributed by atoms with Gasteiger partial charge < -0.3 is 19.1 Å². The molecule has 1 aliphatic rings. The number of hydrogen-bond acceptors (Lipinski definition) is 4. The normalized spacial score (nSPS) is 24.3. The summed E-state index contributed by atoms with van der Waals surface area (Å²) in [5.41, 5.74) is 0.634. The minimum Gasteiger partial charge on any atom is -0.493 e. The van der Waals surface area contributed by atoms with Gasteiger partial charge >= 0.3 is 0 Å². The topological polar surface area (TPSA) is 49.2 Å². The lowest BCUT2D eigenvalue weighted by Gasteiger charge is -2.32. The van der Waals surface area contributed by atoms with Crippen molar-refractivity contribution in [3.63, 3.8) is 0 Å². The summed E-state index contributed by atoms with van der Waals surface area (Å²) in [5.74, 6) is 1.32. The van der Waals surface area contributed by atoms with Gasteiger partial charge in [0.1, 0.15) is 25.3 Å². The van der Waals surface area contributed by atoms with E-state index in [0.29, 0.717) is 35.9 Å². The summed E-state index contributed by atoms with van der Waals surface area (Å²) in [6, 6.07) is 5.31. The summed E-state index contributed by atoms with van der Waals surface area (Å²) in [7, 11) is 1.59. The second-order valence-corrected chi connectivity index (χ2v) is 6.29. The third kappa shape index (κ3) is 5.22. The number of carbonyl (C=O) groups is 1. The highest BCUT2D eigenvalue weighted by molar-refractivity contribution is 5.94. The van der Waals surface area contributed by atoms with Gasteiger partial charge in [0.05, 0.1) is 20.3 Å². The van der Waals surface area contributed by atoms with E-state index in [-0.39, 0.29) is 5.78 Å². The van der Waals surface area contributed by atoms with Gasteiger partial charge in [-0.25, -0.2) is 0 Å². The molecule has 2 rings (SSSR count). The van der Waals surface area contributed by atoms with Crippen LogP contribution in [0.3, 0.4) is 0 Å². The predicted molar refractivity (Wildman–Crippen MR) is 88.7 cm³/mol. The first-order valence-corrected chi connectivity index (χ1v) is 8.30. The van der Waals surface area contributed by atoms with Crippen LogP contribution in [0.25, 0.3) is 0 Å². The third-order valence-electron chi connectivity index (χ3n) is 4.12. The van der Waals surface area contributed by atoms with Crippen molar-refractivity contribution in [3.05, 3.63) is 23.8 Å². The number of hydrogen-bond donors (Lipinski definition) is 1. The van der Waals surface area contributed by atoms with E-state index in [1.54, 1.807) is 37.1 Å². The molecular weight excluding hydrogens is 294 g/mol. The zero-order chi connectivity index (χ0) is 16.8. The Morgan fingerprint density at radius 3 is 2.57 bits per heavy atom. The summed E-state index contributed by atoms with van der Waals surface area (Å²) in [6.45, 7) is 9.64. The molecule has 5 heteroatoms. The number of methoxy groups -OCH3 is 1. The van der Waals surface area contributed by atoms with E-state index < -0.39 is 0 Å². The molecular formula is C18H28NO4+. The molecule has 2 atom stereocenters. The maximum atomic E-state index is 11.4. The number of ether oxygens (including phenoxy) is 3. The minimum atomic E-state index is 0.0222. The van der Waals surface area contributed by atoms with Crippen molar-refractivity contribution in [2.75, 3.05) is 33.4 Å². The highest BCUT2D eigenvalue weighted by atomic mass is 16.5. The third-order valence-corrected chi connectivity index (χ3v) is 4.12. The summed E-state index contributed by atoms with van der Waals surface area (Å²) in [6.07, 6.45) is 1.63. The van der Waals surface area contributed by atoms with Crippen LogP contribution in [0.2, 0.25) is 0 Å². The van der Waals surface area contributed by atoms with Crippen LogP contribution in [0.15, 0.2) is 18.2 Å². The molecule has 0 radical (unpaired) electrons. The predicted octanol–water partition coefficient (Wildman–Crippen LogP) is 1.36. The van der Waals surface area contributed by atoms with E-state index >= 15 is 0 Å². The summed E-state index contributed by atoms with van der Waals surface area (Å²) in [4.78, 5) is 13.0. The van der Waals surface area contributed by atoms with Crippen molar-refractivity contribution in [2.45, 2.75) is 39.4 Å². The fraction of sp³-hybridized carbons (Fsp3) is 0.611. The van der Waals surface area contributed by atoms with Gasteiger partial charge in [-0.15, -0.1) is 0 Å². The molecule has 0 aliphatic carbocycles. The van der Waals surface area contributed by atoms with Crippen LogP contribution in [0, 0.1) is 0 Å². The zero-order valence-corrected chi connectivity index (χ0v) is 14.6. The number of benzene rings is 1. The molecule has 128 valence electrons. The molecule has 0 bridgehead atoms. The second kappa shape index (κ2) is 8.31. The van der Waals surface area contributed by atoms with Crippen molar-refractivity contribution in [1.29, 1.82) is 0 Å². The number of ketones is 1. The van der Waals surface area contributed by atoms with Gasteiger partial charge in [0.2, 0.25) is 0 Å². The molecule has 5 nitrogen and oxygen atoms in total. The van der Waals surface area contributed by atoms with Crippen molar-refractivity contribution >= 4 is 5.78 Å². The quantitative estimate of drug-likeness (QED) is 0.608. The summed E-state index contributed by atoms with van der Waals surface area (Å²) >= 11 is 0. The van der Waals surface area contributed by atoms with Crippen molar-refractivity contribution in [3.8, 4) is 11.5 Å². The Morgan fingerprint density at radius 1 is 1.26 bits per heavy atom. The molecule has 1 heterocycles. The number of Topliss-reactive ketones (excluding diaryl/α,β-unsaturated/α-hetero) is 1. The lowest BCUT2D eigenvalue weighted by Crippen LogP contribution is -3.15. The average Bonchev–Trinajstić information content (AvgIpc) is 2.50. The van der Waals surface area contributed by atoms with Crippen molar-refractivity contribution < 1.29 is 23.9 Å². The van der Waals surface area contributed by atoms with E-state index in [1.165, 1.54) is 0 Å². The molecule has 1 aromatic rings. The fourth-order valence-electron chi connectivity index (χ4n) is 3.10. The zero-order valence-electron chi connectivity index (χ0n) is 14.6. The lowest BCUT2D eigenvalue weighted by molar-refractivity contribution is -0.915. The lowest BCUT2D eigenvalue weighted by atomic mass is 10.1. The van der Waals surface area contributed by atoms with E-state index in [0.717, 1.165) is 26.1 Å². The molecule has 0 amide bonds. The van der Waals surface area contributed by atoms with Gasteiger partial charge in [0, 0.05) is 12.0 Å². The Balaban J connectivity index is 1.81. The van der Waals surface area contributed by atoms with Crippen molar-refractivity contribution in [1.82, 2.24) is 0 Å². The molecule has 1 aromatic carbocycles. The largest absolute Gasteiger partial charge is 0.493 e. The second-order valence-electron chi connectivity index (χ2n) is 6.29. The molecule has 1 saturated heterocycles. The number of morpholine rings is 1. The Bertz CT molecular complexity index is 522.